The second kappa shape index (κ2) is 8.91. The maximum Gasteiger partial charge on any atom is 0.289 e. The molecule has 1 atom stereocenters. The lowest BCUT2D eigenvalue weighted by atomic mass is 10.0. The van der Waals surface area contributed by atoms with Gasteiger partial charge < -0.3 is 10.6 Å². The maximum atomic E-state index is 13.1. The number of hydrogen-bond acceptors (Lipinski definition) is 5. The molecule has 2 amide bonds. The zero-order valence-corrected chi connectivity index (χ0v) is 17.1. The Morgan fingerprint density at radius 2 is 1.84 bits per heavy atom. The molecular formula is C23H23N5O3. The summed E-state index contributed by atoms with van der Waals surface area (Å²) < 4.78 is 1.43. The summed E-state index contributed by atoms with van der Waals surface area (Å²) in [6.07, 6.45) is 3.56. The number of carbonyl (C=O) groups is 3. The highest BCUT2D eigenvalue weighted by Gasteiger charge is 2.32. The number of hydrogen-bond donors (Lipinski definition) is 2. The van der Waals surface area contributed by atoms with Crippen molar-refractivity contribution in [3.63, 3.8) is 0 Å². The highest BCUT2D eigenvalue weighted by Crippen LogP contribution is 2.19. The van der Waals surface area contributed by atoms with E-state index in [2.05, 4.69) is 20.7 Å². The molecule has 3 aromatic rings. The summed E-state index contributed by atoms with van der Waals surface area (Å²) in [6.45, 7) is 1.77. The van der Waals surface area contributed by atoms with E-state index in [4.69, 9.17) is 0 Å². The second-order valence-corrected chi connectivity index (χ2v) is 7.60. The molecule has 4 rings (SSSR count). The first-order valence-electron chi connectivity index (χ1n) is 10.2. The highest BCUT2D eigenvalue weighted by atomic mass is 16.2. The third kappa shape index (κ3) is 5.03. The van der Waals surface area contributed by atoms with Gasteiger partial charge in [0, 0.05) is 18.7 Å². The van der Waals surface area contributed by atoms with Gasteiger partial charge in [-0.2, -0.15) is 5.10 Å². The van der Waals surface area contributed by atoms with Crippen LogP contribution in [0.15, 0.2) is 60.8 Å². The lowest BCUT2D eigenvalue weighted by Gasteiger charge is -2.18. The van der Waals surface area contributed by atoms with Crippen molar-refractivity contribution in [2.24, 2.45) is 0 Å². The first-order valence-corrected chi connectivity index (χ1v) is 10.2. The zero-order chi connectivity index (χ0) is 21.8. The molecule has 31 heavy (non-hydrogen) atoms. The Bertz CT molecular complexity index is 1090. The van der Waals surface area contributed by atoms with Gasteiger partial charge in [-0.25, -0.2) is 9.67 Å². The van der Waals surface area contributed by atoms with Gasteiger partial charge in [0.05, 0.1) is 5.69 Å². The Hall–Kier alpha value is -3.81. The van der Waals surface area contributed by atoms with Gasteiger partial charge in [-0.05, 0) is 43.5 Å². The van der Waals surface area contributed by atoms with Gasteiger partial charge in [-0.15, -0.1) is 0 Å². The Balaban J connectivity index is 1.58. The topological polar surface area (TPSA) is 106 Å². The Labute approximate surface area is 179 Å². The van der Waals surface area contributed by atoms with E-state index in [1.54, 1.807) is 37.4 Å². The van der Waals surface area contributed by atoms with Crippen LogP contribution in [0.5, 0.6) is 0 Å². The van der Waals surface area contributed by atoms with Crippen molar-refractivity contribution in [1.82, 2.24) is 25.4 Å². The first-order chi connectivity index (χ1) is 15.0. The van der Waals surface area contributed by atoms with Gasteiger partial charge in [0.25, 0.3) is 11.8 Å². The summed E-state index contributed by atoms with van der Waals surface area (Å²) in [4.78, 5) is 42.6. The summed E-state index contributed by atoms with van der Waals surface area (Å²) in [5, 5.41) is 9.80. The number of benzene rings is 1. The van der Waals surface area contributed by atoms with Crippen LogP contribution in [0, 0.1) is 6.92 Å². The zero-order valence-electron chi connectivity index (χ0n) is 17.1. The van der Waals surface area contributed by atoms with Crippen LogP contribution < -0.4 is 10.6 Å². The summed E-state index contributed by atoms with van der Waals surface area (Å²) in [5.74, 6) is -1.35. The molecule has 0 aliphatic heterocycles. The number of aromatic nitrogens is 3. The van der Waals surface area contributed by atoms with Gasteiger partial charge in [0.15, 0.2) is 5.82 Å². The lowest BCUT2D eigenvalue weighted by molar-refractivity contribution is -0.139. The fourth-order valence-electron chi connectivity index (χ4n) is 3.25. The number of Topliss-reactive ketones (excluding diaryl/α,β-unsaturated/α-hetero) is 1. The fourth-order valence-corrected chi connectivity index (χ4v) is 3.25. The van der Waals surface area contributed by atoms with E-state index in [-0.39, 0.29) is 18.2 Å². The molecule has 1 aromatic carbocycles. The largest absolute Gasteiger partial charge is 0.347 e. The number of pyridine rings is 1. The molecule has 0 saturated heterocycles. The fraction of sp³-hybridized carbons (Fsp3) is 0.261. The van der Waals surface area contributed by atoms with Gasteiger partial charge in [0.2, 0.25) is 5.78 Å². The second-order valence-electron chi connectivity index (χ2n) is 7.60. The number of nitrogens with zero attached hydrogens (tertiary/aromatic N) is 3. The van der Waals surface area contributed by atoms with Gasteiger partial charge in [-0.1, -0.05) is 36.4 Å². The molecule has 0 bridgehead atoms. The number of rotatable bonds is 8. The average Bonchev–Trinajstić information content (AvgIpc) is 3.51. The molecule has 1 saturated carbocycles. The van der Waals surface area contributed by atoms with Gasteiger partial charge in [-0.3, -0.25) is 14.4 Å². The van der Waals surface area contributed by atoms with E-state index in [0.29, 0.717) is 11.5 Å². The number of nitrogens with one attached hydrogen (secondary N) is 2. The van der Waals surface area contributed by atoms with E-state index < -0.39 is 23.6 Å². The molecular weight excluding hydrogens is 394 g/mol. The Morgan fingerprint density at radius 1 is 1.10 bits per heavy atom. The van der Waals surface area contributed by atoms with Gasteiger partial charge in [0.1, 0.15) is 11.7 Å². The number of carbonyl (C=O) groups excluding carboxylic acids is 3. The maximum absolute atomic E-state index is 13.1. The molecule has 8 nitrogen and oxygen atoms in total. The molecule has 2 aromatic heterocycles. The molecule has 0 spiro atoms. The van der Waals surface area contributed by atoms with Crippen molar-refractivity contribution in [2.75, 3.05) is 0 Å². The van der Waals surface area contributed by atoms with Crippen LogP contribution >= 0.6 is 0 Å². The highest BCUT2D eigenvalue weighted by molar-refractivity contribution is 6.38. The van der Waals surface area contributed by atoms with Crippen molar-refractivity contribution in [3.8, 4) is 5.82 Å². The van der Waals surface area contributed by atoms with E-state index in [9.17, 15) is 14.4 Å². The average molecular weight is 417 g/mol. The minimum absolute atomic E-state index is 0.0535. The van der Waals surface area contributed by atoms with E-state index >= 15 is 0 Å². The van der Waals surface area contributed by atoms with Crippen LogP contribution in [0.3, 0.4) is 0 Å². The van der Waals surface area contributed by atoms with Crippen LogP contribution in [0.25, 0.3) is 5.82 Å². The molecule has 158 valence electrons. The lowest BCUT2D eigenvalue weighted by Crippen LogP contribution is -2.49. The Kier molecular flexibility index (Phi) is 5.88. The molecule has 2 N–H and O–H groups in total. The normalized spacial score (nSPS) is 14.0. The van der Waals surface area contributed by atoms with Crippen molar-refractivity contribution >= 4 is 17.6 Å². The van der Waals surface area contributed by atoms with Crippen molar-refractivity contribution in [1.29, 1.82) is 0 Å². The monoisotopic (exact) mass is 417 g/mol. The Morgan fingerprint density at radius 3 is 2.52 bits per heavy atom. The molecule has 1 unspecified atom stereocenters. The summed E-state index contributed by atoms with van der Waals surface area (Å²) >= 11 is 0. The van der Waals surface area contributed by atoms with Crippen molar-refractivity contribution < 1.29 is 14.4 Å². The molecule has 8 heteroatoms. The minimum Gasteiger partial charge on any atom is -0.347 e. The summed E-state index contributed by atoms with van der Waals surface area (Å²) in [7, 11) is 0. The molecule has 1 fully saturated rings. The third-order valence-corrected chi connectivity index (χ3v) is 4.97. The van der Waals surface area contributed by atoms with Crippen molar-refractivity contribution in [2.45, 2.75) is 38.3 Å². The van der Waals surface area contributed by atoms with E-state index in [0.717, 1.165) is 18.4 Å². The van der Waals surface area contributed by atoms with Gasteiger partial charge >= 0.3 is 0 Å². The first kappa shape index (κ1) is 20.5. The molecule has 1 aliphatic rings. The van der Waals surface area contributed by atoms with Crippen LogP contribution in [0.2, 0.25) is 0 Å². The van der Waals surface area contributed by atoms with Crippen molar-refractivity contribution in [3.05, 3.63) is 77.7 Å². The van der Waals surface area contributed by atoms with Crippen LogP contribution in [-0.2, 0) is 16.0 Å². The summed E-state index contributed by atoms with van der Waals surface area (Å²) in [5.41, 5.74) is 1.72. The predicted molar refractivity (Wildman–Crippen MR) is 114 cm³/mol. The molecule has 0 radical (unpaired) electrons. The number of amides is 2. The van der Waals surface area contributed by atoms with Crippen LogP contribution in [-0.4, -0.2) is 44.4 Å². The van der Waals surface area contributed by atoms with Crippen LogP contribution in [0.1, 0.15) is 34.6 Å². The smallest absolute Gasteiger partial charge is 0.289 e. The quantitative estimate of drug-likeness (QED) is 0.544. The SMILES string of the molecule is Cc1cc(C(=O)NC(Cc2ccccc2)C(=O)C(=O)NC2CC2)n(-c2ccccn2)n1. The minimum atomic E-state index is -0.999. The van der Waals surface area contributed by atoms with E-state index in [1.165, 1.54) is 4.68 Å². The van der Waals surface area contributed by atoms with Crippen LogP contribution in [0.4, 0.5) is 0 Å². The summed E-state index contributed by atoms with van der Waals surface area (Å²) in [6, 6.07) is 15.3. The molecule has 2 heterocycles. The third-order valence-electron chi connectivity index (χ3n) is 4.97. The predicted octanol–water partition coefficient (Wildman–Crippen LogP) is 1.76. The number of ketones is 1. The standard InChI is InChI=1S/C23H23N5O3/c1-15-13-19(28(27-15)20-9-5-6-12-24-20)22(30)26-18(14-16-7-3-2-4-8-16)21(29)23(31)25-17-10-11-17/h2-9,12-13,17-18H,10-11,14H2,1H3,(H,25,31)(H,26,30). The number of aryl methyl sites for hydroxylation is 1. The molecule has 1 aliphatic carbocycles. The van der Waals surface area contributed by atoms with E-state index in [1.807, 2.05) is 30.3 Å².